The van der Waals surface area contributed by atoms with Crippen LogP contribution >= 0.6 is 0 Å². The first-order valence-electron chi connectivity index (χ1n) is 3.53. The summed E-state index contributed by atoms with van der Waals surface area (Å²) in [6.45, 7) is 1.36. The van der Waals surface area contributed by atoms with Crippen molar-refractivity contribution in [3.05, 3.63) is 27.9 Å². The zero-order chi connectivity index (χ0) is 10.7. The van der Waals surface area contributed by atoms with E-state index in [9.17, 15) is 14.9 Å². The van der Waals surface area contributed by atoms with E-state index in [1.165, 1.54) is 13.0 Å². The summed E-state index contributed by atoms with van der Waals surface area (Å²) in [5.74, 6) is -0.272. The molecule has 1 heterocycles. The van der Waals surface area contributed by atoms with Gasteiger partial charge in [0.15, 0.2) is 0 Å². The van der Waals surface area contributed by atoms with Crippen LogP contribution in [-0.2, 0) is 0 Å². The van der Waals surface area contributed by atoms with Crippen LogP contribution < -0.4 is 4.74 Å². The van der Waals surface area contributed by atoms with Crippen LogP contribution in [0.5, 0.6) is 5.88 Å². The Balaban J connectivity index is 3.13. The molecule has 1 N–H and O–H groups in total. The Bertz CT molecular complexity index is 390. The molecule has 0 saturated heterocycles. The summed E-state index contributed by atoms with van der Waals surface area (Å²) < 4.78 is 4.24. The molecule has 0 fully saturated rings. The first kappa shape index (κ1) is 9.90. The molecule has 0 spiro atoms. The van der Waals surface area contributed by atoms with E-state index in [1.807, 2.05) is 0 Å². The van der Waals surface area contributed by atoms with E-state index in [1.54, 1.807) is 0 Å². The molecular weight excluding hydrogens is 192 g/mol. The van der Waals surface area contributed by atoms with E-state index in [0.29, 0.717) is 0 Å². The molecule has 74 valence electrons. The molecule has 7 heteroatoms. The maximum absolute atomic E-state index is 10.4. The highest BCUT2D eigenvalue weighted by atomic mass is 16.7. The van der Waals surface area contributed by atoms with Gasteiger partial charge in [0.25, 0.3) is 5.69 Å². The number of nitrogens with zero attached hydrogens (tertiary/aromatic N) is 2. The SMILES string of the molecule is Cc1c([N+](=O)[O-])ccnc1OC(=O)O. The number of hydrogen-bond acceptors (Lipinski definition) is 5. The summed E-state index contributed by atoms with van der Waals surface area (Å²) in [4.78, 5) is 23.5. The smallest absolute Gasteiger partial charge is 0.449 e. The second kappa shape index (κ2) is 3.69. The maximum atomic E-state index is 10.4. The number of ether oxygens (including phenoxy) is 1. The second-order valence-corrected chi connectivity index (χ2v) is 2.39. The average Bonchev–Trinajstić information content (AvgIpc) is 2.07. The maximum Gasteiger partial charge on any atom is 0.512 e. The first-order valence-corrected chi connectivity index (χ1v) is 3.53. The van der Waals surface area contributed by atoms with Crippen molar-refractivity contribution in [3.8, 4) is 5.88 Å². The third-order valence-electron chi connectivity index (χ3n) is 1.51. The van der Waals surface area contributed by atoms with Crippen LogP contribution in [0.2, 0.25) is 0 Å². The second-order valence-electron chi connectivity index (χ2n) is 2.39. The summed E-state index contributed by atoms with van der Waals surface area (Å²) >= 11 is 0. The fourth-order valence-electron chi connectivity index (χ4n) is 0.890. The molecule has 14 heavy (non-hydrogen) atoms. The largest absolute Gasteiger partial charge is 0.512 e. The van der Waals surface area contributed by atoms with Crippen LogP contribution in [-0.4, -0.2) is 21.2 Å². The number of pyridine rings is 1. The van der Waals surface area contributed by atoms with Gasteiger partial charge in [-0.15, -0.1) is 0 Å². The number of carboxylic acid groups (broad SMARTS) is 1. The average molecular weight is 198 g/mol. The molecule has 0 bridgehead atoms. The fraction of sp³-hybridized carbons (Fsp3) is 0.143. The van der Waals surface area contributed by atoms with Crippen LogP contribution in [0.1, 0.15) is 5.56 Å². The molecule has 0 aromatic carbocycles. The van der Waals surface area contributed by atoms with E-state index in [-0.39, 0.29) is 17.1 Å². The minimum absolute atomic E-state index is 0.0832. The lowest BCUT2D eigenvalue weighted by Gasteiger charge is -2.02. The van der Waals surface area contributed by atoms with Crippen LogP contribution in [0.25, 0.3) is 0 Å². The zero-order valence-electron chi connectivity index (χ0n) is 7.13. The predicted octanol–water partition coefficient (Wildman–Crippen LogP) is 1.36. The van der Waals surface area contributed by atoms with E-state index < -0.39 is 11.1 Å². The van der Waals surface area contributed by atoms with Crippen molar-refractivity contribution < 1.29 is 19.6 Å². The van der Waals surface area contributed by atoms with Gasteiger partial charge in [-0.1, -0.05) is 0 Å². The van der Waals surface area contributed by atoms with E-state index in [2.05, 4.69) is 9.72 Å². The zero-order valence-corrected chi connectivity index (χ0v) is 7.13. The first-order chi connectivity index (χ1) is 6.52. The van der Waals surface area contributed by atoms with Gasteiger partial charge in [0.2, 0.25) is 5.88 Å². The minimum Gasteiger partial charge on any atom is -0.449 e. The molecule has 0 aliphatic heterocycles. The summed E-state index contributed by atoms with van der Waals surface area (Å²) in [5.41, 5.74) is -0.142. The van der Waals surface area contributed by atoms with Crippen LogP contribution in [0.4, 0.5) is 10.5 Å². The van der Waals surface area contributed by atoms with E-state index in [0.717, 1.165) is 6.20 Å². The number of hydrogen-bond donors (Lipinski definition) is 1. The monoisotopic (exact) mass is 198 g/mol. The molecule has 0 unspecified atom stereocenters. The van der Waals surface area contributed by atoms with Crippen molar-refractivity contribution >= 4 is 11.8 Å². The minimum atomic E-state index is -1.55. The Morgan fingerprint density at radius 2 is 2.36 bits per heavy atom. The molecule has 7 nitrogen and oxygen atoms in total. The molecule has 0 aliphatic rings. The van der Waals surface area contributed by atoms with E-state index in [4.69, 9.17) is 5.11 Å². The van der Waals surface area contributed by atoms with Crippen LogP contribution in [0.3, 0.4) is 0 Å². The molecule has 0 amide bonds. The van der Waals surface area contributed by atoms with Crippen molar-refractivity contribution in [2.45, 2.75) is 6.92 Å². The van der Waals surface area contributed by atoms with Gasteiger partial charge >= 0.3 is 6.16 Å². The van der Waals surface area contributed by atoms with Crippen molar-refractivity contribution in [1.82, 2.24) is 4.98 Å². The number of aromatic nitrogens is 1. The third-order valence-corrected chi connectivity index (χ3v) is 1.51. The molecule has 1 aromatic rings. The Morgan fingerprint density at radius 1 is 1.71 bits per heavy atom. The summed E-state index contributed by atoms with van der Waals surface area (Å²) in [6, 6.07) is 1.17. The Kier molecular flexibility index (Phi) is 2.61. The van der Waals surface area contributed by atoms with Gasteiger partial charge in [0.1, 0.15) is 0 Å². The number of nitro groups is 1. The Morgan fingerprint density at radius 3 is 2.86 bits per heavy atom. The van der Waals surface area contributed by atoms with Gasteiger partial charge in [-0.2, -0.15) is 0 Å². The van der Waals surface area contributed by atoms with Gasteiger partial charge in [0.05, 0.1) is 10.5 Å². The van der Waals surface area contributed by atoms with Crippen molar-refractivity contribution in [3.63, 3.8) is 0 Å². The predicted molar refractivity (Wildman–Crippen MR) is 44.3 cm³/mol. The lowest BCUT2D eigenvalue weighted by Crippen LogP contribution is -2.06. The van der Waals surface area contributed by atoms with Gasteiger partial charge < -0.3 is 9.84 Å². The number of carbonyl (C=O) groups is 1. The van der Waals surface area contributed by atoms with Gasteiger partial charge in [-0.05, 0) is 6.92 Å². The highest BCUT2D eigenvalue weighted by Crippen LogP contribution is 2.24. The fourth-order valence-corrected chi connectivity index (χ4v) is 0.890. The molecule has 1 aromatic heterocycles. The topological polar surface area (TPSA) is 103 Å². The molecule has 0 radical (unpaired) electrons. The quantitative estimate of drug-likeness (QED) is 0.437. The van der Waals surface area contributed by atoms with Crippen molar-refractivity contribution in [2.24, 2.45) is 0 Å². The lowest BCUT2D eigenvalue weighted by atomic mass is 10.2. The van der Waals surface area contributed by atoms with Gasteiger partial charge in [-0.25, -0.2) is 9.78 Å². The molecule has 0 saturated carbocycles. The van der Waals surface area contributed by atoms with Gasteiger partial charge in [-0.3, -0.25) is 10.1 Å². The Labute approximate surface area is 78.1 Å². The molecule has 0 aliphatic carbocycles. The van der Waals surface area contributed by atoms with Crippen molar-refractivity contribution in [1.29, 1.82) is 0 Å². The van der Waals surface area contributed by atoms with Crippen LogP contribution in [0.15, 0.2) is 12.3 Å². The molecule has 0 atom stereocenters. The summed E-state index contributed by atoms with van der Waals surface area (Å²) in [5, 5.41) is 18.7. The standard InChI is InChI=1S/C7H6N2O5/c1-4-5(9(12)13)2-3-8-6(4)14-7(10)11/h2-3H,1H3,(H,10,11). The summed E-state index contributed by atoms with van der Waals surface area (Å²) in [7, 11) is 0. The highest BCUT2D eigenvalue weighted by Gasteiger charge is 2.17. The molecular formula is C7H6N2O5. The lowest BCUT2D eigenvalue weighted by molar-refractivity contribution is -0.385. The normalized spacial score (nSPS) is 9.50. The summed E-state index contributed by atoms with van der Waals surface area (Å²) in [6.07, 6.45) is -0.440. The number of rotatable bonds is 2. The highest BCUT2D eigenvalue weighted by molar-refractivity contribution is 5.62. The van der Waals surface area contributed by atoms with Crippen molar-refractivity contribution in [2.75, 3.05) is 0 Å². The van der Waals surface area contributed by atoms with Gasteiger partial charge in [0, 0.05) is 12.3 Å². The third kappa shape index (κ3) is 1.94. The molecule has 1 rings (SSSR count). The van der Waals surface area contributed by atoms with Crippen LogP contribution in [0, 0.1) is 17.0 Å². The Hall–Kier alpha value is -2.18. The van der Waals surface area contributed by atoms with E-state index >= 15 is 0 Å².